The summed E-state index contributed by atoms with van der Waals surface area (Å²) in [7, 11) is 0. The van der Waals surface area contributed by atoms with Crippen LogP contribution in [0.25, 0.3) is 0 Å². The Labute approximate surface area is 66.4 Å². The SMILES string of the molecule is CCC(=CCC(C)O)C(=O)O. The van der Waals surface area contributed by atoms with Gasteiger partial charge in [-0.2, -0.15) is 0 Å². The van der Waals surface area contributed by atoms with Crippen molar-refractivity contribution >= 4 is 5.97 Å². The first-order valence-corrected chi connectivity index (χ1v) is 3.68. The lowest BCUT2D eigenvalue weighted by Gasteiger charge is -1.99. The van der Waals surface area contributed by atoms with Crippen molar-refractivity contribution < 1.29 is 15.0 Å². The Morgan fingerprint density at radius 1 is 1.64 bits per heavy atom. The van der Waals surface area contributed by atoms with Crippen LogP contribution in [-0.4, -0.2) is 22.3 Å². The summed E-state index contributed by atoms with van der Waals surface area (Å²) in [6, 6.07) is 0. The summed E-state index contributed by atoms with van der Waals surface area (Å²) < 4.78 is 0. The number of carbonyl (C=O) groups is 1. The molecule has 0 bridgehead atoms. The summed E-state index contributed by atoms with van der Waals surface area (Å²) >= 11 is 0. The molecule has 0 spiro atoms. The topological polar surface area (TPSA) is 57.5 Å². The van der Waals surface area contributed by atoms with Gasteiger partial charge in [-0.15, -0.1) is 0 Å². The quantitative estimate of drug-likeness (QED) is 0.604. The Hall–Kier alpha value is -0.830. The lowest BCUT2D eigenvalue weighted by atomic mass is 10.1. The number of carboxylic acid groups (broad SMARTS) is 1. The highest BCUT2D eigenvalue weighted by Gasteiger charge is 2.03. The molecule has 0 aliphatic heterocycles. The van der Waals surface area contributed by atoms with Crippen LogP contribution >= 0.6 is 0 Å². The van der Waals surface area contributed by atoms with E-state index in [1.165, 1.54) is 0 Å². The van der Waals surface area contributed by atoms with Gasteiger partial charge in [0.15, 0.2) is 0 Å². The van der Waals surface area contributed by atoms with Gasteiger partial charge in [0.1, 0.15) is 0 Å². The van der Waals surface area contributed by atoms with Crippen molar-refractivity contribution in [1.29, 1.82) is 0 Å². The van der Waals surface area contributed by atoms with Gasteiger partial charge in [-0.05, 0) is 19.8 Å². The van der Waals surface area contributed by atoms with E-state index in [0.29, 0.717) is 18.4 Å². The van der Waals surface area contributed by atoms with Crippen molar-refractivity contribution in [3.8, 4) is 0 Å². The number of aliphatic hydroxyl groups is 1. The van der Waals surface area contributed by atoms with Gasteiger partial charge in [-0.25, -0.2) is 4.79 Å². The summed E-state index contributed by atoms with van der Waals surface area (Å²) in [5.41, 5.74) is 0.367. The zero-order chi connectivity index (χ0) is 8.85. The smallest absolute Gasteiger partial charge is 0.331 e. The molecule has 0 aliphatic carbocycles. The molecule has 0 fully saturated rings. The molecule has 3 nitrogen and oxygen atoms in total. The van der Waals surface area contributed by atoms with E-state index in [0.717, 1.165) is 0 Å². The molecule has 0 radical (unpaired) electrons. The van der Waals surface area contributed by atoms with Gasteiger partial charge in [0, 0.05) is 5.57 Å². The van der Waals surface area contributed by atoms with Crippen LogP contribution in [0.5, 0.6) is 0 Å². The van der Waals surface area contributed by atoms with Gasteiger partial charge in [-0.3, -0.25) is 0 Å². The Bertz CT molecular complexity index is 159. The van der Waals surface area contributed by atoms with Crippen LogP contribution in [0.3, 0.4) is 0 Å². The van der Waals surface area contributed by atoms with E-state index in [1.807, 2.05) is 0 Å². The van der Waals surface area contributed by atoms with E-state index < -0.39 is 12.1 Å². The first-order chi connectivity index (χ1) is 5.07. The molecule has 0 saturated heterocycles. The van der Waals surface area contributed by atoms with Crippen molar-refractivity contribution in [1.82, 2.24) is 0 Å². The summed E-state index contributed by atoms with van der Waals surface area (Å²) in [6.07, 6.45) is 2.01. The van der Waals surface area contributed by atoms with Crippen molar-refractivity contribution in [2.45, 2.75) is 32.8 Å². The highest BCUT2D eigenvalue weighted by Crippen LogP contribution is 2.03. The second-order valence-corrected chi connectivity index (χ2v) is 2.47. The zero-order valence-corrected chi connectivity index (χ0v) is 6.87. The molecule has 0 saturated carbocycles. The second-order valence-electron chi connectivity index (χ2n) is 2.47. The Morgan fingerprint density at radius 3 is 2.45 bits per heavy atom. The Morgan fingerprint density at radius 2 is 2.18 bits per heavy atom. The third kappa shape index (κ3) is 4.56. The van der Waals surface area contributed by atoms with Gasteiger partial charge in [0.25, 0.3) is 0 Å². The van der Waals surface area contributed by atoms with Gasteiger partial charge in [0.2, 0.25) is 0 Å². The van der Waals surface area contributed by atoms with Crippen LogP contribution in [0.1, 0.15) is 26.7 Å². The fourth-order valence-electron chi connectivity index (χ4n) is 0.696. The molecule has 64 valence electrons. The highest BCUT2D eigenvalue weighted by molar-refractivity contribution is 5.86. The largest absolute Gasteiger partial charge is 0.478 e. The molecule has 3 heteroatoms. The molecular formula is C8H14O3. The number of hydrogen-bond acceptors (Lipinski definition) is 2. The standard InChI is InChI=1S/C8H14O3/c1-3-7(8(10)11)5-4-6(2)9/h5-6,9H,3-4H2,1-2H3,(H,10,11). The minimum atomic E-state index is -0.895. The Kier molecular flexibility index (Phi) is 4.54. The molecule has 0 aromatic carbocycles. The normalized spacial score (nSPS) is 14.6. The van der Waals surface area contributed by atoms with Crippen LogP contribution in [0.15, 0.2) is 11.6 Å². The zero-order valence-electron chi connectivity index (χ0n) is 6.87. The summed E-state index contributed by atoms with van der Waals surface area (Å²) in [5.74, 6) is -0.895. The van der Waals surface area contributed by atoms with E-state index in [2.05, 4.69) is 0 Å². The van der Waals surface area contributed by atoms with E-state index in [4.69, 9.17) is 10.2 Å². The van der Waals surface area contributed by atoms with Crippen molar-refractivity contribution in [3.63, 3.8) is 0 Å². The maximum atomic E-state index is 10.4. The van der Waals surface area contributed by atoms with E-state index >= 15 is 0 Å². The summed E-state index contributed by atoms with van der Waals surface area (Å²) in [5, 5.41) is 17.4. The van der Waals surface area contributed by atoms with E-state index in [-0.39, 0.29) is 0 Å². The number of rotatable bonds is 4. The molecule has 0 aromatic heterocycles. The maximum Gasteiger partial charge on any atom is 0.331 e. The molecule has 0 rings (SSSR count). The number of aliphatic carboxylic acids is 1. The Balaban J connectivity index is 4.02. The fourth-order valence-corrected chi connectivity index (χ4v) is 0.696. The van der Waals surface area contributed by atoms with Crippen LogP contribution in [0.4, 0.5) is 0 Å². The lowest BCUT2D eigenvalue weighted by molar-refractivity contribution is -0.132. The van der Waals surface area contributed by atoms with Crippen molar-refractivity contribution in [2.75, 3.05) is 0 Å². The predicted octanol–water partition coefficient (Wildman–Crippen LogP) is 1.18. The average molecular weight is 158 g/mol. The first-order valence-electron chi connectivity index (χ1n) is 3.68. The van der Waals surface area contributed by atoms with Gasteiger partial charge < -0.3 is 10.2 Å². The molecule has 1 unspecified atom stereocenters. The third-order valence-electron chi connectivity index (χ3n) is 1.36. The number of carboxylic acids is 1. The molecule has 2 N–H and O–H groups in total. The minimum Gasteiger partial charge on any atom is -0.478 e. The minimum absolute atomic E-state index is 0.367. The van der Waals surface area contributed by atoms with Gasteiger partial charge >= 0.3 is 5.97 Å². The molecule has 0 amide bonds. The molecule has 0 aliphatic rings. The number of hydrogen-bond donors (Lipinski definition) is 2. The van der Waals surface area contributed by atoms with Crippen LogP contribution in [0, 0.1) is 0 Å². The van der Waals surface area contributed by atoms with Crippen molar-refractivity contribution in [3.05, 3.63) is 11.6 Å². The van der Waals surface area contributed by atoms with E-state index in [9.17, 15) is 4.79 Å². The molecule has 0 aromatic rings. The number of aliphatic hydroxyl groups excluding tert-OH is 1. The molecule has 0 heterocycles. The lowest BCUT2D eigenvalue weighted by Crippen LogP contribution is -2.02. The molecular weight excluding hydrogens is 144 g/mol. The van der Waals surface area contributed by atoms with Gasteiger partial charge in [-0.1, -0.05) is 13.0 Å². The van der Waals surface area contributed by atoms with Crippen LogP contribution < -0.4 is 0 Å². The first kappa shape index (κ1) is 10.2. The monoisotopic (exact) mass is 158 g/mol. The third-order valence-corrected chi connectivity index (χ3v) is 1.36. The highest BCUT2D eigenvalue weighted by atomic mass is 16.4. The second kappa shape index (κ2) is 4.91. The van der Waals surface area contributed by atoms with E-state index in [1.54, 1.807) is 19.9 Å². The van der Waals surface area contributed by atoms with Crippen molar-refractivity contribution in [2.24, 2.45) is 0 Å². The summed E-state index contributed by atoms with van der Waals surface area (Å²) in [6.45, 7) is 3.41. The van der Waals surface area contributed by atoms with Crippen LogP contribution in [0.2, 0.25) is 0 Å². The predicted molar refractivity (Wildman–Crippen MR) is 42.3 cm³/mol. The maximum absolute atomic E-state index is 10.4. The fraction of sp³-hybridized carbons (Fsp3) is 0.625. The molecule has 1 atom stereocenters. The van der Waals surface area contributed by atoms with Crippen LogP contribution in [-0.2, 0) is 4.79 Å². The van der Waals surface area contributed by atoms with Gasteiger partial charge in [0.05, 0.1) is 6.10 Å². The molecule has 11 heavy (non-hydrogen) atoms. The average Bonchev–Trinajstić information content (AvgIpc) is 1.87. The summed E-state index contributed by atoms with van der Waals surface area (Å²) in [4.78, 5) is 10.4.